The van der Waals surface area contributed by atoms with Crippen LogP contribution >= 0.6 is 0 Å². The summed E-state index contributed by atoms with van der Waals surface area (Å²) in [6.07, 6.45) is 2.60. The van der Waals surface area contributed by atoms with Crippen molar-refractivity contribution >= 4 is 5.97 Å². The molecule has 0 atom stereocenters. The molecule has 5 nitrogen and oxygen atoms in total. The van der Waals surface area contributed by atoms with Gasteiger partial charge in [0.05, 0.1) is 6.10 Å². The van der Waals surface area contributed by atoms with Crippen molar-refractivity contribution in [2.45, 2.75) is 83.1 Å². The second-order valence-corrected chi connectivity index (χ2v) is 7.17. The fourth-order valence-corrected chi connectivity index (χ4v) is 2.95. The van der Waals surface area contributed by atoms with E-state index in [-0.39, 0.29) is 49.9 Å². The normalized spacial score (nSPS) is 25.6. The van der Waals surface area contributed by atoms with Crippen molar-refractivity contribution in [3.8, 4) is 0 Å². The minimum atomic E-state index is -0.320. The molecule has 1 fully saturated rings. The first-order valence-corrected chi connectivity index (χ1v) is 6.97. The predicted molar refractivity (Wildman–Crippen MR) is 73.1 cm³/mol. The molecule has 0 amide bonds. The maximum absolute atomic E-state index is 11.9. The van der Waals surface area contributed by atoms with E-state index < -0.39 is 0 Å². The molecule has 0 saturated carbocycles. The molecule has 1 saturated heterocycles. The molecule has 0 spiro atoms. The Bertz CT molecular complexity index is 385. The zero-order valence-electron chi connectivity index (χ0n) is 13.0. The third-order valence-corrected chi connectivity index (χ3v) is 3.60. The van der Waals surface area contributed by atoms with E-state index in [1.54, 1.807) is 0 Å². The van der Waals surface area contributed by atoms with Crippen LogP contribution in [0.3, 0.4) is 0 Å². The number of nitrogens with zero attached hydrogens (tertiary/aromatic N) is 3. The van der Waals surface area contributed by atoms with Crippen LogP contribution < -0.4 is 0 Å². The van der Waals surface area contributed by atoms with Crippen molar-refractivity contribution in [2.75, 3.05) is 0 Å². The van der Waals surface area contributed by atoms with Gasteiger partial charge in [0.15, 0.2) is 5.66 Å². The SMILES string of the molecule is CC1(CCC(=O)OC2CC(C)(C)[N-]C(C)(C)C2)N=N1.[Mo]. The molecule has 20 heavy (non-hydrogen) atoms. The fourth-order valence-electron chi connectivity index (χ4n) is 2.95. The fraction of sp³-hybridized carbons (Fsp3) is 0.929. The monoisotopic (exact) mass is 364 g/mol. The first-order chi connectivity index (χ1) is 8.59. The van der Waals surface area contributed by atoms with E-state index >= 15 is 0 Å². The van der Waals surface area contributed by atoms with Gasteiger partial charge in [-0.1, -0.05) is 27.7 Å². The van der Waals surface area contributed by atoms with Gasteiger partial charge in [-0.15, -0.1) is 11.1 Å². The molecule has 2 aliphatic rings. The van der Waals surface area contributed by atoms with Crippen LogP contribution in [-0.2, 0) is 30.6 Å². The zero-order chi connectivity index (χ0) is 14.3. The maximum Gasteiger partial charge on any atom is 0.306 e. The molecular formula is C14H24MoN3O2-. The summed E-state index contributed by atoms with van der Waals surface area (Å²) in [5, 5.41) is 12.6. The first-order valence-electron chi connectivity index (χ1n) is 6.97. The van der Waals surface area contributed by atoms with Gasteiger partial charge in [0, 0.05) is 33.9 Å². The third kappa shape index (κ3) is 5.25. The number of carbonyl (C=O) groups is 1. The number of carbonyl (C=O) groups excluding carboxylic acids is 1. The van der Waals surface area contributed by atoms with Crippen LogP contribution in [0.15, 0.2) is 10.2 Å². The van der Waals surface area contributed by atoms with Crippen LogP contribution in [-0.4, -0.2) is 28.8 Å². The Morgan fingerprint density at radius 1 is 1.15 bits per heavy atom. The van der Waals surface area contributed by atoms with E-state index in [1.165, 1.54) is 0 Å². The molecule has 0 aliphatic carbocycles. The molecule has 2 aliphatic heterocycles. The molecule has 6 heteroatoms. The van der Waals surface area contributed by atoms with E-state index in [2.05, 4.69) is 37.9 Å². The van der Waals surface area contributed by atoms with Gasteiger partial charge in [0.2, 0.25) is 0 Å². The zero-order valence-corrected chi connectivity index (χ0v) is 15.0. The summed E-state index contributed by atoms with van der Waals surface area (Å²) in [6, 6.07) is 0. The molecule has 0 unspecified atom stereocenters. The van der Waals surface area contributed by atoms with E-state index in [4.69, 9.17) is 10.1 Å². The van der Waals surface area contributed by atoms with Crippen LogP contribution in [0.2, 0.25) is 0 Å². The molecular weight excluding hydrogens is 338 g/mol. The van der Waals surface area contributed by atoms with Crippen LogP contribution in [0.4, 0.5) is 0 Å². The first kappa shape index (κ1) is 17.8. The number of hydrogen-bond acceptors (Lipinski definition) is 4. The van der Waals surface area contributed by atoms with Gasteiger partial charge in [-0.25, -0.2) is 0 Å². The molecule has 114 valence electrons. The molecule has 0 bridgehead atoms. The Hall–Kier alpha value is -0.282. The number of esters is 1. The molecule has 0 aromatic carbocycles. The van der Waals surface area contributed by atoms with Crippen molar-refractivity contribution < 1.29 is 30.6 Å². The Balaban J connectivity index is 0.00000200. The Morgan fingerprint density at radius 3 is 2.10 bits per heavy atom. The van der Waals surface area contributed by atoms with Crippen LogP contribution in [0.25, 0.3) is 5.32 Å². The van der Waals surface area contributed by atoms with Crippen molar-refractivity contribution in [2.24, 2.45) is 10.2 Å². The minimum absolute atomic E-state index is 0. The van der Waals surface area contributed by atoms with E-state index in [9.17, 15) is 4.79 Å². The van der Waals surface area contributed by atoms with E-state index in [1.807, 2.05) is 6.92 Å². The molecule has 2 heterocycles. The second-order valence-electron chi connectivity index (χ2n) is 7.17. The number of rotatable bonds is 4. The third-order valence-electron chi connectivity index (χ3n) is 3.60. The summed E-state index contributed by atoms with van der Waals surface area (Å²) in [5.41, 5.74) is -0.570. The Labute approximate surface area is 135 Å². The number of piperidine rings is 1. The van der Waals surface area contributed by atoms with Gasteiger partial charge >= 0.3 is 5.97 Å². The average Bonchev–Trinajstić information content (AvgIpc) is 2.89. The smallest absolute Gasteiger partial charge is 0.306 e. The molecule has 0 aromatic rings. The summed E-state index contributed by atoms with van der Waals surface area (Å²) in [7, 11) is 0. The van der Waals surface area contributed by atoms with Crippen LogP contribution in [0.1, 0.15) is 60.3 Å². The van der Waals surface area contributed by atoms with Crippen LogP contribution in [0.5, 0.6) is 0 Å². The summed E-state index contributed by atoms with van der Waals surface area (Å²) in [4.78, 5) is 11.9. The van der Waals surface area contributed by atoms with Crippen molar-refractivity contribution in [3.05, 3.63) is 5.32 Å². The predicted octanol–water partition coefficient (Wildman–Crippen LogP) is 3.58. The summed E-state index contributed by atoms with van der Waals surface area (Å²) in [5.74, 6) is -0.142. The van der Waals surface area contributed by atoms with Crippen molar-refractivity contribution in [3.63, 3.8) is 0 Å². The molecule has 0 N–H and O–H groups in total. The van der Waals surface area contributed by atoms with E-state index in [0.717, 1.165) is 12.8 Å². The van der Waals surface area contributed by atoms with Gasteiger partial charge in [-0.05, 0) is 19.8 Å². The Morgan fingerprint density at radius 2 is 1.65 bits per heavy atom. The molecule has 0 aromatic heterocycles. The van der Waals surface area contributed by atoms with Gasteiger partial charge in [-0.2, -0.15) is 10.2 Å². The van der Waals surface area contributed by atoms with E-state index in [0.29, 0.717) is 12.8 Å². The maximum atomic E-state index is 11.9. The van der Waals surface area contributed by atoms with Crippen molar-refractivity contribution in [1.82, 2.24) is 0 Å². The van der Waals surface area contributed by atoms with Gasteiger partial charge in [0.25, 0.3) is 0 Å². The average molecular weight is 362 g/mol. The Kier molecular flexibility index (Phi) is 5.19. The number of ether oxygens (including phenoxy) is 1. The van der Waals surface area contributed by atoms with Crippen molar-refractivity contribution in [1.29, 1.82) is 0 Å². The molecule has 2 rings (SSSR count). The largest absolute Gasteiger partial charge is 0.652 e. The molecule has 0 radical (unpaired) electrons. The quantitative estimate of drug-likeness (QED) is 0.567. The summed E-state index contributed by atoms with van der Waals surface area (Å²) in [6.45, 7) is 10.3. The van der Waals surface area contributed by atoms with Crippen LogP contribution in [0, 0.1) is 0 Å². The topological polar surface area (TPSA) is 65.1 Å². The summed E-state index contributed by atoms with van der Waals surface area (Å²) < 4.78 is 5.60. The summed E-state index contributed by atoms with van der Waals surface area (Å²) >= 11 is 0. The van der Waals surface area contributed by atoms with Gasteiger partial charge < -0.3 is 10.1 Å². The van der Waals surface area contributed by atoms with Gasteiger partial charge in [-0.3, -0.25) is 4.79 Å². The van der Waals surface area contributed by atoms with Gasteiger partial charge in [0.1, 0.15) is 0 Å². The number of hydrogen-bond donors (Lipinski definition) is 0. The second kappa shape index (κ2) is 5.84. The minimum Gasteiger partial charge on any atom is -0.652 e. The standard InChI is InChI=1S/C14H24N3O2.Mo/c1-12(2)8-10(9-13(3,4)15-12)19-11(18)6-7-14(5)16-17-14;/h10H,6-9H2,1-5H3;/q-1;.